The predicted octanol–water partition coefficient (Wildman–Crippen LogP) is 3.61. The van der Waals surface area contributed by atoms with Gasteiger partial charge in [-0.25, -0.2) is 9.18 Å². The lowest BCUT2D eigenvalue weighted by atomic mass is 9.96. The van der Waals surface area contributed by atoms with Crippen LogP contribution in [0.25, 0.3) is 0 Å². The molecule has 144 valence electrons. The Morgan fingerprint density at radius 1 is 1.12 bits per heavy atom. The van der Waals surface area contributed by atoms with Gasteiger partial charge in [0, 0.05) is 6.04 Å². The molecule has 1 saturated carbocycles. The van der Waals surface area contributed by atoms with Crippen LogP contribution in [0.1, 0.15) is 39.0 Å². The summed E-state index contributed by atoms with van der Waals surface area (Å²) in [7, 11) is 0. The van der Waals surface area contributed by atoms with Gasteiger partial charge in [0.15, 0.2) is 6.10 Å². The molecule has 2 aliphatic heterocycles. The fraction of sp³-hybridized carbons (Fsp3) is 0.933. The quantitative estimate of drug-likeness (QED) is 0.691. The van der Waals surface area contributed by atoms with Crippen molar-refractivity contribution in [3.8, 4) is 0 Å². The number of amides is 1. The Balaban J connectivity index is 1.63. The molecule has 1 aliphatic carbocycles. The van der Waals surface area contributed by atoms with Crippen molar-refractivity contribution in [3.63, 3.8) is 0 Å². The summed E-state index contributed by atoms with van der Waals surface area (Å²) in [6.07, 6.45) is -2.32. The van der Waals surface area contributed by atoms with E-state index in [1.165, 1.54) is 0 Å². The van der Waals surface area contributed by atoms with Gasteiger partial charge >= 0.3 is 6.09 Å². The topological polar surface area (TPSA) is 66.0 Å². The number of ether oxygens (including phenoxy) is 4. The molecule has 0 aromatic rings. The molecule has 3 aliphatic rings. The first kappa shape index (κ1) is 19.7. The van der Waals surface area contributed by atoms with Crippen molar-refractivity contribution < 1.29 is 28.1 Å². The third-order valence-corrected chi connectivity index (χ3v) is 5.25. The summed E-state index contributed by atoms with van der Waals surface area (Å²) in [5.74, 6) is 0. The average Bonchev–Trinajstić information content (AvgIpc) is 2.98. The van der Waals surface area contributed by atoms with Gasteiger partial charge in [-0.05, 0) is 19.8 Å². The van der Waals surface area contributed by atoms with Crippen molar-refractivity contribution in [2.24, 2.45) is 0 Å². The Hall–Kier alpha value is -0.0500. The fourth-order valence-corrected chi connectivity index (χ4v) is 3.78. The van der Waals surface area contributed by atoms with Gasteiger partial charge in [0.1, 0.15) is 12.2 Å². The standard InChI is InChI=1S/C15H21Cl3FNO5/c1-7-9-10(24-13(23-9)15(16,17)18)11(12(19)22-7)25-14(21)20-8-5-3-2-4-6-8/h7-13H,2-6H2,1H3,(H,20,21)/t7-,9-,10-,11+,12+,13+/m0/s1. The van der Waals surface area contributed by atoms with E-state index < -0.39 is 46.9 Å². The summed E-state index contributed by atoms with van der Waals surface area (Å²) in [6.45, 7) is 1.62. The van der Waals surface area contributed by atoms with Crippen molar-refractivity contribution >= 4 is 40.9 Å². The zero-order valence-corrected chi connectivity index (χ0v) is 15.9. The minimum absolute atomic E-state index is 0.0354. The van der Waals surface area contributed by atoms with E-state index in [1.54, 1.807) is 6.92 Å². The Morgan fingerprint density at radius 3 is 2.40 bits per heavy atom. The maximum atomic E-state index is 14.3. The predicted molar refractivity (Wildman–Crippen MR) is 89.5 cm³/mol. The number of alkyl carbamates (subject to hydrolysis) is 1. The Morgan fingerprint density at radius 2 is 1.76 bits per heavy atom. The van der Waals surface area contributed by atoms with Gasteiger partial charge < -0.3 is 24.3 Å². The van der Waals surface area contributed by atoms with Crippen LogP contribution < -0.4 is 5.32 Å². The number of hydrogen-bond acceptors (Lipinski definition) is 5. The van der Waals surface area contributed by atoms with Crippen molar-refractivity contribution in [2.45, 2.75) is 85.9 Å². The highest BCUT2D eigenvalue weighted by Crippen LogP contribution is 2.43. The van der Waals surface area contributed by atoms with Crippen LogP contribution in [0.5, 0.6) is 0 Å². The Labute approximate surface area is 160 Å². The van der Waals surface area contributed by atoms with E-state index in [9.17, 15) is 9.18 Å². The first-order valence-electron chi connectivity index (χ1n) is 8.40. The molecule has 0 aromatic heterocycles. The van der Waals surface area contributed by atoms with Crippen LogP contribution in [-0.4, -0.2) is 53.0 Å². The normalized spacial score (nSPS) is 39.7. The van der Waals surface area contributed by atoms with Gasteiger partial charge in [0.05, 0.1) is 6.10 Å². The van der Waals surface area contributed by atoms with E-state index in [0.29, 0.717) is 0 Å². The van der Waals surface area contributed by atoms with Crippen LogP contribution in [0.3, 0.4) is 0 Å². The van der Waals surface area contributed by atoms with Crippen LogP contribution in [0.15, 0.2) is 0 Å². The van der Waals surface area contributed by atoms with Crippen molar-refractivity contribution in [2.75, 3.05) is 0 Å². The number of rotatable bonds is 2. The third-order valence-electron chi connectivity index (χ3n) is 4.71. The van der Waals surface area contributed by atoms with Gasteiger partial charge in [-0.15, -0.1) is 0 Å². The van der Waals surface area contributed by atoms with Gasteiger partial charge in [0.2, 0.25) is 16.4 Å². The molecule has 25 heavy (non-hydrogen) atoms. The van der Waals surface area contributed by atoms with Gasteiger partial charge in [-0.1, -0.05) is 54.1 Å². The van der Waals surface area contributed by atoms with Crippen LogP contribution in [0.2, 0.25) is 0 Å². The van der Waals surface area contributed by atoms with Gasteiger partial charge in [-0.2, -0.15) is 0 Å². The molecule has 0 aromatic carbocycles. The van der Waals surface area contributed by atoms with Crippen LogP contribution in [0, 0.1) is 0 Å². The molecule has 6 nitrogen and oxygen atoms in total. The minimum Gasteiger partial charge on any atom is -0.438 e. The molecule has 0 bridgehead atoms. The monoisotopic (exact) mass is 419 g/mol. The molecule has 10 heteroatoms. The SMILES string of the molecule is C[C@@H]1O[C@@H](F)[C@H](OC(=O)NC2CCCCC2)[C@H]2O[C@H](C(Cl)(Cl)Cl)O[C@H]21. The maximum absolute atomic E-state index is 14.3. The second-order valence-electron chi connectivity index (χ2n) is 6.62. The fourth-order valence-electron chi connectivity index (χ4n) is 3.47. The van der Waals surface area contributed by atoms with Crippen molar-refractivity contribution in [1.82, 2.24) is 5.32 Å². The van der Waals surface area contributed by atoms with E-state index >= 15 is 0 Å². The lowest BCUT2D eigenvalue weighted by molar-refractivity contribution is -0.224. The van der Waals surface area contributed by atoms with Crippen LogP contribution >= 0.6 is 34.8 Å². The lowest BCUT2D eigenvalue weighted by Gasteiger charge is -2.37. The lowest BCUT2D eigenvalue weighted by Crippen LogP contribution is -2.56. The second kappa shape index (κ2) is 7.90. The first-order valence-corrected chi connectivity index (χ1v) is 9.53. The number of alkyl halides is 4. The highest BCUT2D eigenvalue weighted by molar-refractivity contribution is 6.67. The van der Waals surface area contributed by atoms with Crippen molar-refractivity contribution in [3.05, 3.63) is 0 Å². The summed E-state index contributed by atoms with van der Waals surface area (Å²) in [5.41, 5.74) is 0. The molecule has 1 N–H and O–H groups in total. The highest BCUT2D eigenvalue weighted by Gasteiger charge is 2.57. The van der Waals surface area contributed by atoms with E-state index in [1.807, 2.05) is 0 Å². The summed E-state index contributed by atoms with van der Waals surface area (Å²) >= 11 is 17.4. The third kappa shape index (κ3) is 4.62. The molecule has 0 unspecified atom stereocenters. The van der Waals surface area contributed by atoms with Gasteiger partial charge in [-0.3, -0.25) is 0 Å². The van der Waals surface area contributed by atoms with E-state index in [-0.39, 0.29) is 6.04 Å². The summed E-state index contributed by atoms with van der Waals surface area (Å²) in [4.78, 5) is 12.1. The smallest absolute Gasteiger partial charge is 0.407 e. The molecule has 1 amide bonds. The molecule has 0 radical (unpaired) electrons. The van der Waals surface area contributed by atoms with Crippen LogP contribution in [0.4, 0.5) is 9.18 Å². The Bertz CT molecular complexity index is 488. The van der Waals surface area contributed by atoms with E-state index in [2.05, 4.69) is 5.32 Å². The number of fused-ring (bicyclic) bond motifs is 1. The minimum atomic E-state index is -1.86. The largest absolute Gasteiger partial charge is 0.438 e. The molecule has 6 atom stereocenters. The molecular formula is C15H21Cl3FNO5. The number of hydrogen-bond donors (Lipinski definition) is 1. The van der Waals surface area contributed by atoms with E-state index in [0.717, 1.165) is 32.1 Å². The molecule has 3 rings (SSSR count). The summed E-state index contributed by atoms with van der Waals surface area (Å²) in [6, 6.07) is 0.0354. The molecular weight excluding hydrogens is 400 g/mol. The van der Waals surface area contributed by atoms with Crippen LogP contribution in [-0.2, 0) is 18.9 Å². The van der Waals surface area contributed by atoms with Gasteiger partial charge in [0.25, 0.3) is 0 Å². The zero-order valence-electron chi connectivity index (χ0n) is 13.6. The number of carbonyl (C=O) groups excluding carboxylic acids is 1. The summed E-state index contributed by atoms with van der Waals surface area (Å²) < 4.78 is 34.0. The summed E-state index contributed by atoms with van der Waals surface area (Å²) in [5, 5.41) is 2.76. The molecule has 2 saturated heterocycles. The second-order valence-corrected chi connectivity index (χ2v) is 8.99. The first-order chi connectivity index (χ1) is 11.8. The maximum Gasteiger partial charge on any atom is 0.407 e. The number of halogens is 4. The number of carbonyl (C=O) groups is 1. The average molecular weight is 421 g/mol. The highest BCUT2D eigenvalue weighted by atomic mass is 35.6. The zero-order chi connectivity index (χ0) is 18.2. The van der Waals surface area contributed by atoms with Crippen molar-refractivity contribution in [1.29, 1.82) is 0 Å². The molecule has 0 spiro atoms. The Kier molecular flexibility index (Phi) is 6.23. The number of nitrogens with one attached hydrogen (secondary N) is 1. The molecule has 2 heterocycles. The van der Waals surface area contributed by atoms with E-state index in [4.69, 9.17) is 53.8 Å². The molecule has 3 fully saturated rings.